The van der Waals surface area contributed by atoms with Crippen molar-refractivity contribution in [1.29, 1.82) is 5.26 Å². The lowest BCUT2D eigenvalue weighted by atomic mass is 9.98. The summed E-state index contributed by atoms with van der Waals surface area (Å²) < 4.78 is 5.32. The highest BCUT2D eigenvalue weighted by atomic mass is 16.5. The van der Waals surface area contributed by atoms with Crippen LogP contribution in [-0.4, -0.2) is 13.7 Å². The summed E-state index contributed by atoms with van der Waals surface area (Å²) in [7, 11) is 1.68. The van der Waals surface area contributed by atoms with Gasteiger partial charge >= 0.3 is 0 Å². The van der Waals surface area contributed by atoms with Crippen LogP contribution in [0, 0.1) is 11.3 Å². The Bertz CT molecular complexity index is 644. The number of methoxy groups -OCH3 is 1. The van der Waals surface area contributed by atoms with Gasteiger partial charge in [-0.15, -0.1) is 0 Å². The normalized spacial score (nSPS) is 10.1. The number of hydrogen-bond acceptors (Lipinski definition) is 3. The second kappa shape index (κ2) is 7.47. The van der Waals surface area contributed by atoms with Crippen molar-refractivity contribution in [1.82, 2.24) is 5.32 Å². The van der Waals surface area contributed by atoms with Gasteiger partial charge in [-0.3, -0.25) is 0 Å². The van der Waals surface area contributed by atoms with Crippen molar-refractivity contribution < 1.29 is 4.74 Å². The van der Waals surface area contributed by atoms with E-state index in [1.807, 2.05) is 30.3 Å². The van der Waals surface area contributed by atoms with Crippen LogP contribution in [0.3, 0.4) is 0 Å². The van der Waals surface area contributed by atoms with Crippen molar-refractivity contribution in [3.63, 3.8) is 0 Å². The third kappa shape index (κ3) is 3.84. The van der Waals surface area contributed by atoms with E-state index in [-0.39, 0.29) is 0 Å². The minimum absolute atomic E-state index is 0.677. The molecule has 0 aliphatic carbocycles. The highest BCUT2D eigenvalue weighted by Crippen LogP contribution is 2.28. The lowest BCUT2D eigenvalue weighted by molar-refractivity contribution is 0.414. The molecule has 2 aromatic carbocycles. The topological polar surface area (TPSA) is 45.0 Å². The molecule has 0 aliphatic rings. The van der Waals surface area contributed by atoms with Crippen LogP contribution in [0.15, 0.2) is 42.5 Å². The second-order valence-corrected chi connectivity index (χ2v) is 4.89. The minimum atomic E-state index is 0.677. The zero-order valence-corrected chi connectivity index (χ0v) is 12.5. The van der Waals surface area contributed by atoms with Crippen molar-refractivity contribution in [2.24, 2.45) is 0 Å². The molecule has 0 saturated carbocycles. The van der Waals surface area contributed by atoms with Crippen molar-refractivity contribution in [2.45, 2.75) is 19.9 Å². The van der Waals surface area contributed by atoms with Crippen LogP contribution >= 0.6 is 0 Å². The number of ether oxygens (including phenoxy) is 1. The Morgan fingerprint density at radius 3 is 2.76 bits per heavy atom. The van der Waals surface area contributed by atoms with E-state index >= 15 is 0 Å². The summed E-state index contributed by atoms with van der Waals surface area (Å²) in [5.41, 5.74) is 4.05. The smallest absolute Gasteiger partial charge is 0.119 e. The molecule has 0 spiro atoms. The highest BCUT2D eigenvalue weighted by Gasteiger charge is 2.07. The molecule has 0 amide bonds. The lowest BCUT2D eigenvalue weighted by Crippen LogP contribution is -2.14. The number of nitriles is 1. The Kier molecular flexibility index (Phi) is 5.36. The molecule has 3 nitrogen and oxygen atoms in total. The Labute approximate surface area is 126 Å². The van der Waals surface area contributed by atoms with Crippen LogP contribution in [0.1, 0.15) is 24.5 Å². The van der Waals surface area contributed by atoms with Gasteiger partial charge in [0.2, 0.25) is 0 Å². The Morgan fingerprint density at radius 1 is 1.19 bits per heavy atom. The molecule has 0 atom stereocenters. The van der Waals surface area contributed by atoms with E-state index in [9.17, 15) is 0 Å². The van der Waals surface area contributed by atoms with Crippen molar-refractivity contribution >= 4 is 0 Å². The first-order valence-electron chi connectivity index (χ1n) is 7.16. The first-order valence-corrected chi connectivity index (χ1v) is 7.16. The fourth-order valence-corrected chi connectivity index (χ4v) is 2.28. The number of hydrogen-bond donors (Lipinski definition) is 1. The fraction of sp³-hybridized carbons (Fsp3) is 0.278. The van der Waals surface area contributed by atoms with Gasteiger partial charge in [-0.05, 0) is 53.9 Å². The molecule has 0 aliphatic heterocycles. The Morgan fingerprint density at radius 2 is 2.05 bits per heavy atom. The highest BCUT2D eigenvalue weighted by molar-refractivity contribution is 5.69. The van der Waals surface area contributed by atoms with Crippen LogP contribution in [0.25, 0.3) is 11.1 Å². The van der Waals surface area contributed by atoms with E-state index < -0.39 is 0 Å². The average Bonchev–Trinajstić information content (AvgIpc) is 2.55. The van der Waals surface area contributed by atoms with Gasteiger partial charge in [0.05, 0.1) is 18.7 Å². The van der Waals surface area contributed by atoms with E-state index in [1.165, 1.54) is 5.56 Å². The third-order valence-corrected chi connectivity index (χ3v) is 3.36. The monoisotopic (exact) mass is 280 g/mol. The summed E-state index contributed by atoms with van der Waals surface area (Å²) >= 11 is 0. The van der Waals surface area contributed by atoms with E-state index in [4.69, 9.17) is 10.00 Å². The van der Waals surface area contributed by atoms with Gasteiger partial charge < -0.3 is 10.1 Å². The average molecular weight is 280 g/mol. The quantitative estimate of drug-likeness (QED) is 0.820. The van der Waals surface area contributed by atoms with Crippen LogP contribution in [-0.2, 0) is 6.54 Å². The molecule has 2 aromatic rings. The molecule has 1 N–H and O–H groups in total. The Hall–Kier alpha value is -2.31. The van der Waals surface area contributed by atoms with Crippen LogP contribution in [0.4, 0.5) is 0 Å². The van der Waals surface area contributed by atoms with Gasteiger partial charge in [-0.1, -0.05) is 25.1 Å². The van der Waals surface area contributed by atoms with Gasteiger partial charge in [0.1, 0.15) is 5.75 Å². The zero-order chi connectivity index (χ0) is 15.1. The molecule has 0 heterocycles. The SMILES string of the molecule is CCCNCc1cc(OC)ccc1-c1cccc(C#N)c1. The largest absolute Gasteiger partial charge is 0.497 e. The van der Waals surface area contributed by atoms with Crippen molar-refractivity contribution in [2.75, 3.05) is 13.7 Å². The molecular weight excluding hydrogens is 260 g/mol. The fourth-order valence-electron chi connectivity index (χ4n) is 2.28. The number of benzene rings is 2. The van der Waals surface area contributed by atoms with E-state index in [1.54, 1.807) is 7.11 Å². The minimum Gasteiger partial charge on any atom is -0.497 e. The summed E-state index contributed by atoms with van der Waals surface area (Å²) in [5.74, 6) is 0.850. The summed E-state index contributed by atoms with van der Waals surface area (Å²) in [6, 6.07) is 15.9. The molecule has 0 fully saturated rings. The van der Waals surface area contributed by atoms with E-state index in [0.717, 1.165) is 36.4 Å². The number of nitrogens with zero attached hydrogens (tertiary/aromatic N) is 1. The molecule has 2 rings (SSSR count). The molecule has 0 unspecified atom stereocenters. The molecule has 21 heavy (non-hydrogen) atoms. The molecule has 0 aromatic heterocycles. The number of nitrogens with one attached hydrogen (secondary N) is 1. The summed E-state index contributed by atoms with van der Waals surface area (Å²) in [6.45, 7) is 3.92. The summed E-state index contributed by atoms with van der Waals surface area (Å²) in [6.07, 6.45) is 1.10. The van der Waals surface area contributed by atoms with Crippen molar-refractivity contribution in [3.8, 4) is 22.9 Å². The third-order valence-electron chi connectivity index (χ3n) is 3.36. The zero-order valence-electron chi connectivity index (χ0n) is 12.5. The van der Waals surface area contributed by atoms with Gasteiger partial charge in [0, 0.05) is 6.54 Å². The predicted molar refractivity (Wildman–Crippen MR) is 85.1 cm³/mol. The number of rotatable bonds is 6. The maximum Gasteiger partial charge on any atom is 0.119 e. The summed E-state index contributed by atoms with van der Waals surface area (Å²) in [5, 5.41) is 12.5. The predicted octanol–water partition coefficient (Wildman–Crippen LogP) is 3.73. The first-order chi connectivity index (χ1) is 10.3. The maximum atomic E-state index is 9.05. The standard InChI is InChI=1S/C18H20N2O/c1-3-9-20-13-16-11-17(21-2)7-8-18(16)15-6-4-5-14(10-15)12-19/h4-8,10-11,20H,3,9,13H2,1-2H3. The molecular formula is C18H20N2O. The molecule has 3 heteroatoms. The second-order valence-electron chi connectivity index (χ2n) is 4.89. The van der Waals surface area contributed by atoms with Crippen LogP contribution < -0.4 is 10.1 Å². The van der Waals surface area contributed by atoms with Gasteiger partial charge in [-0.25, -0.2) is 0 Å². The van der Waals surface area contributed by atoms with Gasteiger partial charge in [-0.2, -0.15) is 5.26 Å². The van der Waals surface area contributed by atoms with Crippen LogP contribution in [0.5, 0.6) is 5.75 Å². The van der Waals surface area contributed by atoms with Crippen molar-refractivity contribution in [3.05, 3.63) is 53.6 Å². The maximum absolute atomic E-state index is 9.05. The van der Waals surface area contributed by atoms with E-state index in [2.05, 4.69) is 30.4 Å². The first kappa shape index (κ1) is 15.1. The summed E-state index contributed by atoms with van der Waals surface area (Å²) in [4.78, 5) is 0. The van der Waals surface area contributed by atoms with E-state index in [0.29, 0.717) is 5.56 Å². The Balaban J connectivity index is 2.38. The molecule has 0 saturated heterocycles. The van der Waals surface area contributed by atoms with Gasteiger partial charge in [0.25, 0.3) is 0 Å². The lowest BCUT2D eigenvalue weighted by Gasteiger charge is -2.13. The van der Waals surface area contributed by atoms with Crippen LogP contribution in [0.2, 0.25) is 0 Å². The molecule has 108 valence electrons. The van der Waals surface area contributed by atoms with Gasteiger partial charge in [0.15, 0.2) is 0 Å². The molecule has 0 bridgehead atoms. The molecule has 0 radical (unpaired) electrons.